The van der Waals surface area contributed by atoms with Gasteiger partial charge in [-0.25, -0.2) is 14.8 Å². The van der Waals surface area contributed by atoms with E-state index in [9.17, 15) is 14.4 Å². The molecule has 0 aliphatic carbocycles. The normalized spacial score (nSPS) is 14.7. The van der Waals surface area contributed by atoms with Gasteiger partial charge in [0, 0.05) is 44.1 Å². The number of aryl methyl sites for hydroxylation is 1. The number of hydrogen-bond donors (Lipinski definition) is 1. The van der Waals surface area contributed by atoms with Crippen molar-refractivity contribution in [1.29, 1.82) is 0 Å². The molecule has 9 heteroatoms. The van der Waals surface area contributed by atoms with Gasteiger partial charge in [-0.1, -0.05) is 17.7 Å². The summed E-state index contributed by atoms with van der Waals surface area (Å²) in [4.78, 5) is 48.8. The number of esters is 1. The highest BCUT2D eigenvalue weighted by atomic mass is 16.5. The number of nitrogens with zero attached hydrogens (tertiary/aromatic N) is 4. The van der Waals surface area contributed by atoms with Crippen molar-refractivity contribution in [2.24, 2.45) is 0 Å². The zero-order chi connectivity index (χ0) is 21.5. The van der Waals surface area contributed by atoms with E-state index in [0.717, 1.165) is 5.56 Å². The summed E-state index contributed by atoms with van der Waals surface area (Å²) in [7, 11) is 0. The number of ether oxygens (including phenoxy) is 1. The van der Waals surface area contributed by atoms with Crippen LogP contribution in [0.25, 0.3) is 0 Å². The van der Waals surface area contributed by atoms with E-state index in [0.29, 0.717) is 37.7 Å². The van der Waals surface area contributed by atoms with Gasteiger partial charge in [0.1, 0.15) is 6.04 Å². The maximum absolute atomic E-state index is 12.4. The van der Waals surface area contributed by atoms with Crippen LogP contribution in [-0.4, -0.2) is 71.5 Å². The van der Waals surface area contributed by atoms with Crippen LogP contribution in [0, 0.1) is 6.92 Å². The molecule has 30 heavy (non-hydrogen) atoms. The minimum atomic E-state index is -0.863. The average molecular weight is 411 g/mol. The Hall–Kier alpha value is -3.49. The molecule has 1 saturated heterocycles. The third-order valence-corrected chi connectivity index (χ3v) is 4.79. The number of hydrogen-bond acceptors (Lipinski definition) is 7. The first kappa shape index (κ1) is 21.2. The maximum atomic E-state index is 12.4. The van der Waals surface area contributed by atoms with Gasteiger partial charge in [-0.05, 0) is 32.0 Å². The van der Waals surface area contributed by atoms with E-state index >= 15 is 0 Å². The van der Waals surface area contributed by atoms with Crippen LogP contribution in [0.3, 0.4) is 0 Å². The predicted octanol–water partition coefficient (Wildman–Crippen LogP) is 0.795. The Morgan fingerprint density at radius 1 is 1.10 bits per heavy atom. The molecule has 2 aromatic rings. The molecule has 0 saturated carbocycles. The Morgan fingerprint density at radius 3 is 2.47 bits per heavy atom. The first-order chi connectivity index (χ1) is 14.4. The number of anilines is 1. The molecule has 0 unspecified atom stereocenters. The molecule has 0 radical (unpaired) electrons. The fourth-order valence-corrected chi connectivity index (χ4v) is 3.08. The zero-order valence-corrected chi connectivity index (χ0v) is 17.1. The minimum Gasteiger partial charge on any atom is -0.454 e. The number of carbonyl (C=O) groups excluding carboxylic acids is 3. The van der Waals surface area contributed by atoms with Gasteiger partial charge in [-0.15, -0.1) is 0 Å². The minimum absolute atomic E-state index is 0.269. The van der Waals surface area contributed by atoms with Crippen molar-refractivity contribution in [3.8, 4) is 0 Å². The average Bonchev–Trinajstić information content (AvgIpc) is 2.77. The molecule has 1 aliphatic heterocycles. The lowest BCUT2D eigenvalue weighted by Gasteiger charge is -2.34. The van der Waals surface area contributed by atoms with Crippen LogP contribution in [0.1, 0.15) is 22.8 Å². The van der Waals surface area contributed by atoms with E-state index < -0.39 is 12.0 Å². The molecule has 1 fully saturated rings. The van der Waals surface area contributed by atoms with E-state index in [1.807, 2.05) is 17.9 Å². The summed E-state index contributed by atoms with van der Waals surface area (Å²) >= 11 is 0. The smallest absolute Gasteiger partial charge is 0.328 e. The molecule has 0 spiro atoms. The number of rotatable bonds is 6. The molecule has 158 valence electrons. The Balaban J connectivity index is 1.42. The van der Waals surface area contributed by atoms with Gasteiger partial charge in [0.25, 0.3) is 11.8 Å². The van der Waals surface area contributed by atoms with Crippen LogP contribution < -0.4 is 10.2 Å². The van der Waals surface area contributed by atoms with Gasteiger partial charge in [0.15, 0.2) is 6.61 Å². The Bertz CT molecular complexity index is 897. The molecule has 1 aliphatic rings. The van der Waals surface area contributed by atoms with Crippen molar-refractivity contribution in [1.82, 2.24) is 20.2 Å². The number of piperazine rings is 1. The fraction of sp³-hybridized carbons (Fsp3) is 0.381. The van der Waals surface area contributed by atoms with E-state index in [1.165, 1.54) is 6.92 Å². The van der Waals surface area contributed by atoms with E-state index in [2.05, 4.69) is 15.3 Å². The standard InChI is InChI=1S/C21H25N5O4/c1-15-5-3-6-17(13-15)19(28)24-16(2)20(29)30-14-18(27)25-9-11-26(12-10-25)21-22-7-4-8-23-21/h3-8,13,16H,9-12,14H2,1-2H3,(H,24,28)/t16-/m0/s1. The molecule has 2 heterocycles. The van der Waals surface area contributed by atoms with Gasteiger partial charge in [0.05, 0.1) is 0 Å². The largest absolute Gasteiger partial charge is 0.454 e. The fourth-order valence-electron chi connectivity index (χ4n) is 3.08. The Labute approximate surface area is 175 Å². The molecule has 2 amide bonds. The third kappa shape index (κ3) is 5.53. The maximum Gasteiger partial charge on any atom is 0.328 e. The quantitative estimate of drug-likeness (QED) is 0.701. The van der Waals surface area contributed by atoms with Gasteiger partial charge >= 0.3 is 5.97 Å². The molecule has 0 bridgehead atoms. The molecule has 1 aromatic carbocycles. The molecule has 1 aromatic heterocycles. The summed E-state index contributed by atoms with van der Waals surface area (Å²) in [6.07, 6.45) is 3.36. The second-order valence-electron chi connectivity index (χ2n) is 7.09. The lowest BCUT2D eigenvalue weighted by Crippen LogP contribution is -2.50. The second kappa shape index (κ2) is 9.82. The van der Waals surface area contributed by atoms with Gasteiger partial charge in [0.2, 0.25) is 5.95 Å². The van der Waals surface area contributed by atoms with E-state index in [-0.39, 0.29) is 18.4 Å². The summed E-state index contributed by atoms with van der Waals surface area (Å²) in [5.74, 6) is -0.655. The first-order valence-electron chi connectivity index (χ1n) is 9.78. The molecule has 1 N–H and O–H groups in total. The van der Waals surface area contributed by atoms with Crippen molar-refractivity contribution in [2.75, 3.05) is 37.7 Å². The molecular weight excluding hydrogens is 386 g/mol. The van der Waals surface area contributed by atoms with Gasteiger partial charge < -0.3 is 19.9 Å². The van der Waals surface area contributed by atoms with Gasteiger partial charge in [-0.2, -0.15) is 0 Å². The highest BCUT2D eigenvalue weighted by Crippen LogP contribution is 2.10. The van der Waals surface area contributed by atoms with Crippen LogP contribution in [0.5, 0.6) is 0 Å². The summed E-state index contributed by atoms with van der Waals surface area (Å²) in [6, 6.07) is 7.95. The zero-order valence-electron chi connectivity index (χ0n) is 17.1. The molecular formula is C21H25N5O4. The molecule has 9 nitrogen and oxygen atoms in total. The highest BCUT2D eigenvalue weighted by molar-refractivity contribution is 5.97. The van der Waals surface area contributed by atoms with Crippen LogP contribution in [0.15, 0.2) is 42.7 Å². The number of amides is 2. The van der Waals surface area contributed by atoms with Crippen molar-refractivity contribution in [3.05, 3.63) is 53.9 Å². The Morgan fingerprint density at radius 2 is 1.80 bits per heavy atom. The van der Waals surface area contributed by atoms with Crippen LogP contribution in [0.2, 0.25) is 0 Å². The predicted molar refractivity (Wildman–Crippen MR) is 110 cm³/mol. The van der Waals surface area contributed by atoms with Crippen molar-refractivity contribution in [3.63, 3.8) is 0 Å². The lowest BCUT2D eigenvalue weighted by atomic mass is 10.1. The summed E-state index contributed by atoms with van der Waals surface area (Å²) < 4.78 is 5.11. The first-order valence-corrected chi connectivity index (χ1v) is 9.78. The van der Waals surface area contributed by atoms with Crippen LogP contribution in [-0.2, 0) is 14.3 Å². The van der Waals surface area contributed by atoms with Gasteiger partial charge in [-0.3, -0.25) is 9.59 Å². The monoisotopic (exact) mass is 411 g/mol. The summed E-state index contributed by atoms with van der Waals surface area (Å²) in [5, 5.41) is 2.59. The van der Waals surface area contributed by atoms with Crippen molar-refractivity contribution < 1.29 is 19.1 Å². The molecule has 3 rings (SSSR count). The second-order valence-corrected chi connectivity index (χ2v) is 7.09. The third-order valence-electron chi connectivity index (χ3n) is 4.79. The topological polar surface area (TPSA) is 105 Å². The summed E-state index contributed by atoms with van der Waals surface area (Å²) in [6.45, 7) is 5.25. The number of aromatic nitrogens is 2. The van der Waals surface area contributed by atoms with Crippen molar-refractivity contribution in [2.45, 2.75) is 19.9 Å². The van der Waals surface area contributed by atoms with E-state index in [4.69, 9.17) is 4.74 Å². The van der Waals surface area contributed by atoms with Crippen LogP contribution in [0.4, 0.5) is 5.95 Å². The summed E-state index contributed by atoms with van der Waals surface area (Å²) in [5.41, 5.74) is 1.41. The number of nitrogens with one attached hydrogen (secondary N) is 1. The number of carbonyl (C=O) groups is 3. The highest BCUT2D eigenvalue weighted by Gasteiger charge is 2.24. The van der Waals surface area contributed by atoms with Crippen LogP contribution >= 0.6 is 0 Å². The van der Waals surface area contributed by atoms with Crippen molar-refractivity contribution >= 4 is 23.7 Å². The number of benzene rings is 1. The van der Waals surface area contributed by atoms with E-state index in [1.54, 1.807) is 41.6 Å². The SMILES string of the molecule is Cc1cccc(C(=O)N[C@@H](C)C(=O)OCC(=O)N2CCN(c3ncccn3)CC2)c1. The molecule has 1 atom stereocenters. The Kier molecular flexibility index (Phi) is 6.95. The lowest BCUT2D eigenvalue weighted by molar-refractivity contribution is -0.153.